The van der Waals surface area contributed by atoms with Gasteiger partial charge in [0.1, 0.15) is 0 Å². The van der Waals surface area contributed by atoms with Gasteiger partial charge in [0.2, 0.25) is 17.5 Å². The molecule has 0 aliphatic heterocycles. The second kappa shape index (κ2) is 4.51. The summed E-state index contributed by atoms with van der Waals surface area (Å²) in [6, 6.07) is 1.25. The van der Waals surface area contributed by atoms with E-state index in [-0.39, 0.29) is 0 Å². The molecule has 0 aliphatic rings. The zero-order valence-electron chi connectivity index (χ0n) is 8.37. The van der Waals surface area contributed by atoms with E-state index >= 15 is 0 Å². The van der Waals surface area contributed by atoms with Crippen LogP contribution in [0, 0.1) is 12.3 Å². The number of hydrogen-bond acceptors (Lipinski definition) is 6. The quantitative estimate of drug-likeness (QED) is 0.752. The van der Waals surface area contributed by atoms with Gasteiger partial charge in [-0.1, -0.05) is 5.16 Å². The average Bonchev–Trinajstić information content (AvgIpc) is 2.80. The molecule has 0 aromatic carbocycles. The first-order valence-electron chi connectivity index (χ1n) is 4.61. The molecule has 0 saturated heterocycles. The smallest absolute Gasteiger partial charge is 0.244 e. The summed E-state index contributed by atoms with van der Waals surface area (Å²) in [5.41, 5.74) is 5.72. The maximum atomic E-state index is 5.72. The fourth-order valence-electron chi connectivity index (χ4n) is 1.11. The monoisotopic (exact) mass is 215 g/mol. The summed E-state index contributed by atoms with van der Waals surface area (Å²) in [6.45, 7) is 0. The number of rotatable bonds is 3. The van der Waals surface area contributed by atoms with Crippen molar-refractivity contribution < 1.29 is 4.52 Å². The summed E-state index contributed by atoms with van der Waals surface area (Å²) in [5.74, 6) is 3.43. The second-order valence-electron chi connectivity index (χ2n) is 3.04. The number of nitrogens with two attached hydrogens (primary N) is 1. The van der Waals surface area contributed by atoms with E-state index in [4.69, 9.17) is 16.7 Å². The molecule has 1 atom stereocenters. The van der Waals surface area contributed by atoms with Crippen LogP contribution < -0.4 is 5.73 Å². The van der Waals surface area contributed by atoms with Crippen molar-refractivity contribution in [1.82, 2.24) is 20.1 Å². The lowest BCUT2D eigenvalue weighted by Crippen LogP contribution is -2.09. The van der Waals surface area contributed by atoms with Gasteiger partial charge < -0.3 is 10.3 Å². The van der Waals surface area contributed by atoms with Crippen LogP contribution >= 0.6 is 0 Å². The van der Waals surface area contributed by atoms with Crippen molar-refractivity contribution in [3.63, 3.8) is 0 Å². The molecule has 0 spiro atoms. The van der Waals surface area contributed by atoms with Gasteiger partial charge >= 0.3 is 0 Å². The van der Waals surface area contributed by atoms with Gasteiger partial charge in [-0.2, -0.15) is 4.98 Å². The highest BCUT2D eigenvalue weighted by atomic mass is 16.5. The molecule has 0 saturated carbocycles. The molecule has 0 bridgehead atoms. The molecule has 2 aromatic heterocycles. The third-order valence-electron chi connectivity index (χ3n) is 1.86. The number of aromatic nitrogens is 4. The first kappa shape index (κ1) is 10.3. The van der Waals surface area contributed by atoms with Crippen LogP contribution in [0.25, 0.3) is 11.6 Å². The van der Waals surface area contributed by atoms with Crippen LogP contribution in [0.4, 0.5) is 0 Å². The third-order valence-corrected chi connectivity index (χ3v) is 1.86. The Morgan fingerprint density at radius 1 is 1.38 bits per heavy atom. The Labute approximate surface area is 91.9 Å². The molecule has 6 heteroatoms. The normalized spacial score (nSPS) is 12.0. The van der Waals surface area contributed by atoms with Gasteiger partial charge in [0.05, 0.1) is 6.04 Å². The fourth-order valence-corrected chi connectivity index (χ4v) is 1.11. The predicted octanol–water partition coefficient (Wildman–Crippen LogP) is 0.550. The van der Waals surface area contributed by atoms with Crippen molar-refractivity contribution in [2.45, 2.75) is 12.5 Å². The molecule has 0 aliphatic carbocycles. The van der Waals surface area contributed by atoms with Crippen LogP contribution in [0.3, 0.4) is 0 Å². The third kappa shape index (κ3) is 2.04. The van der Waals surface area contributed by atoms with E-state index in [9.17, 15) is 0 Å². The van der Waals surface area contributed by atoms with E-state index in [1.54, 1.807) is 18.5 Å². The highest BCUT2D eigenvalue weighted by Crippen LogP contribution is 2.15. The molecular formula is C10H9N5O. The number of terminal acetylenes is 1. The highest BCUT2D eigenvalue weighted by molar-refractivity contribution is 5.40. The van der Waals surface area contributed by atoms with Crippen molar-refractivity contribution in [2.24, 2.45) is 5.73 Å². The molecule has 2 rings (SSSR count). The zero-order valence-corrected chi connectivity index (χ0v) is 8.37. The molecule has 2 N–H and O–H groups in total. The van der Waals surface area contributed by atoms with Crippen molar-refractivity contribution in [1.29, 1.82) is 0 Å². The predicted molar refractivity (Wildman–Crippen MR) is 55.7 cm³/mol. The molecular weight excluding hydrogens is 206 g/mol. The van der Waals surface area contributed by atoms with Crippen molar-refractivity contribution in [3.8, 4) is 24.0 Å². The second-order valence-corrected chi connectivity index (χ2v) is 3.04. The lowest BCUT2D eigenvalue weighted by Gasteiger charge is -1.98. The van der Waals surface area contributed by atoms with Gasteiger partial charge in [0, 0.05) is 18.8 Å². The number of hydrogen-bond donors (Lipinski definition) is 1. The van der Waals surface area contributed by atoms with Crippen molar-refractivity contribution in [3.05, 3.63) is 24.4 Å². The Morgan fingerprint density at radius 3 is 2.81 bits per heavy atom. The standard InChI is InChI=1S/C10H9N5O/c1-2-4-7(11)10-14-9(15-16-10)8-12-5-3-6-13-8/h1,3,5-7H,4,11H2. The van der Waals surface area contributed by atoms with Crippen LogP contribution in [0.15, 0.2) is 23.0 Å². The summed E-state index contributed by atoms with van der Waals surface area (Å²) in [7, 11) is 0. The largest absolute Gasteiger partial charge is 0.337 e. The highest BCUT2D eigenvalue weighted by Gasteiger charge is 2.15. The average molecular weight is 215 g/mol. The van der Waals surface area contributed by atoms with Crippen LogP contribution in [0.2, 0.25) is 0 Å². The Morgan fingerprint density at radius 2 is 2.12 bits per heavy atom. The minimum atomic E-state index is -0.449. The minimum absolute atomic E-state index is 0.292. The van der Waals surface area contributed by atoms with Gasteiger partial charge in [-0.25, -0.2) is 9.97 Å². The Bertz CT molecular complexity index is 501. The first-order valence-corrected chi connectivity index (χ1v) is 4.61. The molecule has 0 fully saturated rings. The molecule has 80 valence electrons. The van der Waals surface area contributed by atoms with Crippen LogP contribution in [0.5, 0.6) is 0 Å². The van der Waals surface area contributed by atoms with Gasteiger partial charge in [-0.15, -0.1) is 12.3 Å². The minimum Gasteiger partial charge on any atom is -0.337 e. The molecule has 2 aromatic rings. The van der Waals surface area contributed by atoms with E-state index in [1.165, 1.54) is 0 Å². The van der Waals surface area contributed by atoms with Gasteiger partial charge in [-0.3, -0.25) is 0 Å². The summed E-state index contributed by atoms with van der Waals surface area (Å²) in [6.07, 6.45) is 8.68. The maximum Gasteiger partial charge on any atom is 0.244 e. The zero-order chi connectivity index (χ0) is 11.4. The first-order chi connectivity index (χ1) is 7.81. The molecule has 16 heavy (non-hydrogen) atoms. The van der Waals surface area contributed by atoms with E-state index in [0.29, 0.717) is 24.0 Å². The maximum absolute atomic E-state index is 5.72. The molecule has 0 radical (unpaired) electrons. The summed E-state index contributed by atoms with van der Waals surface area (Å²) in [5, 5.41) is 3.73. The van der Waals surface area contributed by atoms with E-state index < -0.39 is 6.04 Å². The lowest BCUT2D eigenvalue weighted by atomic mass is 10.2. The fraction of sp³-hybridized carbons (Fsp3) is 0.200. The molecule has 1 unspecified atom stereocenters. The van der Waals surface area contributed by atoms with Crippen molar-refractivity contribution in [2.75, 3.05) is 0 Å². The van der Waals surface area contributed by atoms with Gasteiger partial charge in [0.25, 0.3) is 0 Å². The summed E-state index contributed by atoms with van der Waals surface area (Å²) in [4.78, 5) is 12.1. The summed E-state index contributed by atoms with van der Waals surface area (Å²) >= 11 is 0. The SMILES string of the molecule is C#CCC(N)c1nc(-c2ncccn2)no1. The topological polar surface area (TPSA) is 90.7 Å². The van der Waals surface area contributed by atoms with E-state index in [1.807, 2.05) is 0 Å². The number of nitrogens with zero attached hydrogens (tertiary/aromatic N) is 4. The van der Waals surface area contributed by atoms with Crippen LogP contribution in [0.1, 0.15) is 18.4 Å². The Balaban J connectivity index is 2.24. The van der Waals surface area contributed by atoms with E-state index in [0.717, 1.165) is 0 Å². The molecule has 0 amide bonds. The van der Waals surface area contributed by atoms with E-state index in [2.05, 4.69) is 26.0 Å². The van der Waals surface area contributed by atoms with Gasteiger partial charge in [-0.05, 0) is 6.07 Å². The summed E-state index contributed by atoms with van der Waals surface area (Å²) < 4.78 is 4.97. The van der Waals surface area contributed by atoms with Gasteiger partial charge in [0.15, 0.2) is 0 Å². The Kier molecular flexibility index (Phi) is 2.89. The lowest BCUT2D eigenvalue weighted by molar-refractivity contribution is 0.356. The van der Waals surface area contributed by atoms with Crippen LogP contribution in [-0.4, -0.2) is 20.1 Å². The molecule has 6 nitrogen and oxygen atoms in total. The van der Waals surface area contributed by atoms with Crippen molar-refractivity contribution >= 4 is 0 Å². The van der Waals surface area contributed by atoms with Crippen LogP contribution in [-0.2, 0) is 0 Å². The Hall–Kier alpha value is -2.26. The molecule has 2 heterocycles.